The number of aliphatic hydroxyl groups is 1. The van der Waals surface area contributed by atoms with Crippen molar-refractivity contribution >= 4 is 17.9 Å². The fourth-order valence-corrected chi connectivity index (χ4v) is 3.26. The van der Waals surface area contributed by atoms with Crippen LogP contribution < -0.4 is 0 Å². The summed E-state index contributed by atoms with van der Waals surface area (Å²) < 4.78 is 15.9. The SMILES string of the molecule is C=C1C(=O)OC2C=C(CO)CCC(OC(C)=O)C3=CC(OC3=O)C12. The van der Waals surface area contributed by atoms with Crippen LogP contribution in [0.1, 0.15) is 19.8 Å². The summed E-state index contributed by atoms with van der Waals surface area (Å²) >= 11 is 0. The molecule has 0 aromatic rings. The van der Waals surface area contributed by atoms with Crippen LogP contribution >= 0.6 is 0 Å². The van der Waals surface area contributed by atoms with Gasteiger partial charge < -0.3 is 19.3 Å². The van der Waals surface area contributed by atoms with Crippen molar-refractivity contribution in [3.05, 3.63) is 35.5 Å². The Hall–Kier alpha value is -2.41. The molecule has 128 valence electrons. The third-order valence-corrected chi connectivity index (χ3v) is 4.42. The van der Waals surface area contributed by atoms with Crippen molar-refractivity contribution in [3.63, 3.8) is 0 Å². The Morgan fingerprint density at radius 1 is 1.29 bits per heavy atom. The minimum absolute atomic E-state index is 0.216. The van der Waals surface area contributed by atoms with Crippen molar-refractivity contribution in [2.75, 3.05) is 6.61 Å². The van der Waals surface area contributed by atoms with E-state index in [1.807, 2.05) is 0 Å². The van der Waals surface area contributed by atoms with Crippen molar-refractivity contribution in [1.82, 2.24) is 0 Å². The van der Waals surface area contributed by atoms with E-state index >= 15 is 0 Å². The summed E-state index contributed by atoms with van der Waals surface area (Å²) in [6.45, 7) is 4.78. The summed E-state index contributed by atoms with van der Waals surface area (Å²) in [6, 6.07) is 0. The highest BCUT2D eigenvalue weighted by molar-refractivity contribution is 5.94. The molecule has 2 bridgehead atoms. The van der Waals surface area contributed by atoms with Crippen molar-refractivity contribution in [3.8, 4) is 0 Å². The second-order valence-corrected chi connectivity index (χ2v) is 6.03. The molecule has 4 unspecified atom stereocenters. The third kappa shape index (κ3) is 2.87. The summed E-state index contributed by atoms with van der Waals surface area (Å²) in [5.41, 5.74) is 1.10. The summed E-state index contributed by atoms with van der Waals surface area (Å²) in [5, 5.41) is 9.54. The first-order valence-electron chi connectivity index (χ1n) is 7.71. The first-order chi connectivity index (χ1) is 11.4. The van der Waals surface area contributed by atoms with Gasteiger partial charge in [0.2, 0.25) is 0 Å². The van der Waals surface area contributed by atoms with E-state index < -0.39 is 42.1 Å². The Balaban J connectivity index is 2.01. The van der Waals surface area contributed by atoms with E-state index in [1.54, 1.807) is 12.2 Å². The van der Waals surface area contributed by atoms with Gasteiger partial charge in [0, 0.05) is 12.5 Å². The third-order valence-electron chi connectivity index (χ3n) is 4.42. The van der Waals surface area contributed by atoms with Crippen LogP contribution in [-0.2, 0) is 28.6 Å². The molecule has 4 atom stereocenters. The van der Waals surface area contributed by atoms with Crippen LogP contribution in [0.15, 0.2) is 35.5 Å². The number of carbonyl (C=O) groups excluding carboxylic acids is 3. The lowest BCUT2D eigenvalue weighted by Crippen LogP contribution is -2.28. The van der Waals surface area contributed by atoms with E-state index in [1.165, 1.54) is 6.92 Å². The molecule has 2 heterocycles. The first kappa shape index (κ1) is 16.4. The molecule has 1 N–H and O–H groups in total. The molecule has 3 aliphatic rings. The smallest absolute Gasteiger partial charge is 0.338 e. The quantitative estimate of drug-likeness (QED) is 0.341. The molecule has 0 aromatic carbocycles. The topological polar surface area (TPSA) is 99.1 Å². The van der Waals surface area contributed by atoms with E-state index in [4.69, 9.17) is 14.2 Å². The van der Waals surface area contributed by atoms with Gasteiger partial charge in [-0.1, -0.05) is 6.58 Å². The number of ether oxygens (including phenoxy) is 3. The molecule has 0 amide bonds. The number of hydrogen-bond acceptors (Lipinski definition) is 7. The van der Waals surface area contributed by atoms with Crippen LogP contribution in [-0.4, -0.2) is 47.9 Å². The molecule has 0 saturated carbocycles. The van der Waals surface area contributed by atoms with Crippen LogP contribution in [0.3, 0.4) is 0 Å². The van der Waals surface area contributed by atoms with Crippen molar-refractivity contribution in [2.24, 2.45) is 5.92 Å². The van der Waals surface area contributed by atoms with E-state index in [2.05, 4.69) is 6.58 Å². The zero-order valence-corrected chi connectivity index (χ0v) is 13.2. The predicted molar refractivity (Wildman–Crippen MR) is 80.4 cm³/mol. The number of carbonyl (C=O) groups is 3. The lowest BCUT2D eigenvalue weighted by Gasteiger charge is -2.21. The molecule has 1 saturated heterocycles. The highest BCUT2D eigenvalue weighted by atomic mass is 16.6. The van der Waals surface area contributed by atoms with Gasteiger partial charge in [-0.15, -0.1) is 0 Å². The normalized spacial score (nSPS) is 32.3. The standard InChI is InChI=1S/C17H18O7/c1-8-15-13(23-16(8)20)5-10(7-18)3-4-12(22-9(2)19)11-6-14(15)24-17(11)21/h5-6,12-15,18H,1,3-4,7H2,2H3. The Bertz CT molecular complexity index is 672. The average molecular weight is 334 g/mol. The zero-order valence-electron chi connectivity index (χ0n) is 13.2. The number of aliphatic hydroxyl groups excluding tert-OH is 1. The van der Waals surface area contributed by atoms with Gasteiger partial charge in [0.15, 0.2) is 0 Å². The van der Waals surface area contributed by atoms with Gasteiger partial charge in [-0.25, -0.2) is 9.59 Å². The first-order valence-corrected chi connectivity index (χ1v) is 7.71. The maximum atomic E-state index is 12.2. The molecule has 7 heteroatoms. The monoisotopic (exact) mass is 334 g/mol. The van der Waals surface area contributed by atoms with Crippen LogP contribution in [0.25, 0.3) is 0 Å². The van der Waals surface area contributed by atoms with Gasteiger partial charge in [-0.2, -0.15) is 0 Å². The lowest BCUT2D eigenvalue weighted by atomic mass is 9.87. The fourth-order valence-electron chi connectivity index (χ4n) is 3.26. The van der Waals surface area contributed by atoms with Crippen LogP contribution in [0, 0.1) is 5.92 Å². The number of rotatable bonds is 2. The Labute approximate surface area is 138 Å². The summed E-state index contributed by atoms with van der Waals surface area (Å²) in [7, 11) is 0. The van der Waals surface area contributed by atoms with Crippen molar-refractivity contribution in [2.45, 2.75) is 38.1 Å². The van der Waals surface area contributed by atoms with Crippen LogP contribution in [0.4, 0.5) is 0 Å². The van der Waals surface area contributed by atoms with Crippen molar-refractivity contribution < 1.29 is 33.7 Å². The lowest BCUT2D eigenvalue weighted by molar-refractivity contribution is -0.147. The van der Waals surface area contributed by atoms with E-state index in [0.717, 1.165) is 0 Å². The largest absolute Gasteiger partial charge is 0.457 e. The molecule has 3 rings (SSSR count). The zero-order chi connectivity index (χ0) is 17.4. The maximum absolute atomic E-state index is 12.2. The fraction of sp³-hybridized carbons (Fsp3) is 0.471. The van der Waals surface area contributed by atoms with Gasteiger partial charge in [0.25, 0.3) is 0 Å². The number of hydrogen-bond donors (Lipinski definition) is 1. The highest BCUT2D eigenvalue weighted by Gasteiger charge is 2.47. The number of esters is 3. The summed E-state index contributed by atoms with van der Waals surface area (Å²) in [6.07, 6.45) is 1.84. The van der Waals surface area contributed by atoms with E-state index in [0.29, 0.717) is 18.4 Å². The van der Waals surface area contributed by atoms with Crippen LogP contribution in [0.2, 0.25) is 0 Å². The molecule has 1 aliphatic carbocycles. The molecule has 0 aromatic heterocycles. The van der Waals surface area contributed by atoms with Crippen LogP contribution in [0.5, 0.6) is 0 Å². The van der Waals surface area contributed by atoms with Gasteiger partial charge in [0.05, 0.1) is 18.1 Å². The number of fused-ring (bicyclic) bond motifs is 3. The second-order valence-electron chi connectivity index (χ2n) is 6.03. The molecule has 7 nitrogen and oxygen atoms in total. The molecule has 1 fully saturated rings. The highest BCUT2D eigenvalue weighted by Crippen LogP contribution is 2.38. The Kier molecular flexibility index (Phi) is 4.28. The van der Waals surface area contributed by atoms with Gasteiger partial charge >= 0.3 is 17.9 Å². The van der Waals surface area contributed by atoms with Gasteiger partial charge in [-0.3, -0.25) is 4.79 Å². The Morgan fingerprint density at radius 3 is 2.62 bits per heavy atom. The minimum Gasteiger partial charge on any atom is -0.457 e. The van der Waals surface area contributed by atoms with E-state index in [-0.39, 0.29) is 17.8 Å². The molecule has 2 aliphatic heterocycles. The van der Waals surface area contributed by atoms with Crippen molar-refractivity contribution in [1.29, 1.82) is 0 Å². The summed E-state index contributed by atoms with van der Waals surface area (Å²) in [5.74, 6) is -2.20. The van der Waals surface area contributed by atoms with E-state index in [9.17, 15) is 19.5 Å². The molecule has 24 heavy (non-hydrogen) atoms. The predicted octanol–water partition coefficient (Wildman–Crippen LogP) is 0.580. The van der Waals surface area contributed by atoms with Gasteiger partial charge in [-0.05, 0) is 30.6 Å². The average Bonchev–Trinajstić information content (AvgIpc) is 3.01. The molecule has 0 spiro atoms. The second kappa shape index (κ2) is 6.24. The minimum atomic E-state index is -0.752. The Morgan fingerprint density at radius 2 is 1.96 bits per heavy atom. The molecular weight excluding hydrogens is 316 g/mol. The molecule has 0 radical (unpaired) electrons. The maximum Gasteiger partial charge on any atom is 0.338 e. The summed E-state index contributed by atoms with van der Waals surface area (Å²) in [4.78, 5) is 35.4. The van der Waals surface area contributed by atoms with Gasteiger partial charge in [0.1, 0.15) is 18.3 Å². The molecular formula is C17H18O7.